The van der Waals surface area contributed by atoms with Gasteiger partial charge in [-0.1, -0.05) is 6.58 Å². The Hall–Kier alpha value is -0.613. The molecule has 0 saturated heterocycles. The van der Waals surface area contributed by atoms with E-state index >= 15 is 0 Å². The minimum Gasteiger partial charge on any atom is -0.463 e. The normalized spacial score (nSPS) is 10.2. The number of carbonyl (C=O) groups excluding carboxylic acids is 1. The second-order valence-electron chi connectivity index (χ2n) is 1.99. The van der Waals surface area contributed by atoms with Gasteiger partial charge in [-0.2, -0.15) is 0 Å². The second kappa shape index (κ2) is 5.19. The third-order valence-corrected chi connectivity index (χ3v) is 1.49. The predicted molar refractivity (Wildman–Crippen MR) is 41.3 cm³/mol. The van der Waals surface area contributed by atoms with Crippen LogP contribution in [0, 0.1) is 0 Å². The van der Waals surface area contributed by atoms with Crippen molar-refractivity contribution in [2.75, 3.05) is 6.61 Å². The van der Waals surface area contributed by atoms with Gasteiger partial charge >= 0.3 is 5.97 Å². The van der Waals surface area contributed by atoms with Crippen LogP contribution in [-0.4, -0.2) is 27.1 Å². The van der Waals surface area contributed by atoms with Crippen molar-refractivity contribution in [2.45, 2.75) is 13.0 Å². The Bertz CT molecular complexity index is 133. The van der Waals surface area contributed by atoms with Crippen molar-refractivity contribution in [3.05, 3.63) is 12.2 Å². The monoisotopic (exact) mass is 160 g/mol. The van der Waals surface area contributed by atoms with Gasteiger partial charge in [-0.05, 0) is 13.0 Å². The summed E-state index contributed by atoms with van der Waals surface area (Å²) >= 11 is 0. The molecule has 0 unspecified atom stereocenters. The van der Waals surface area contributed by atoms with E-state index in [9.17, 15) is 4.79 Å². The first-order valence-electron chi connectivity index (χ1n) is 3.12. The fourth-order valence-electron chi connectivity index (χ4n) is 0.353. The molecule has 1 N–H and O–H groups in total. The number of esters is 1. The SMILES string of the molecule is C=C(C)C(=O)OCC[SiH2]O. The van der Waals surface area contributed by atoms with Gasteiger partial charge in [-0.15, -0.1) is 0 Å². The molecule has 0 amide bonds. The van der Waals surface area contributed by atoms with Gasteiger partial charge in [-0.3, -0.25) is 0 Å². The van der Waals surface area contributed by atoms with Crippen LogP contribution in [0.5, 0.6) is 0 Å². The maximum absolute atomic E-state index is 10.6. The molecule has 0 aliphatic heterocycles. The van der Waals surface area contributed by atoms with Crippen LogP contribution in [-0.2, 0) is 9.53 Å². The van der Waals surface area contributed by atoms with E-state index in [4.69, 9.17) is 4.80 Å². The van der Waals surface area contributed by atoms with E-state index in [0.29, 0.717) is 18.2 Å². The largest absolute Gasteiger partial charge is 0.463 e. The maximum atomic E-state index is 10.6. The first kappa shape index (κ1) is 9.39. The van der Waals surface area contributed by atoms with Crippen LogP contribution in [0.4, 0.5) is 0 Å². The van der Waals surface area contributed by atoms with E-state index in [0.717, 1.165) is 0 Å². The summed E-state index contributed by atoms with van der Waals surface area (Å²) in [5.41, 5.74) is 0.402. The molecule has 0 aromatic carbocycles. The van der Waals surface area contributed by atoms with E-state index in [1.807, 2.05) is 0 Å². The first-order valence-corrected chi connectivity index (χ1v) is 4.75. The van der Waals surface area contributed by atoms with Crippen LogP contribution in [0.15, 0.2) is 12.2 Å². The fraction of sp³-hybridized carbons (Fsp3) is 0.500. The van der Waals surface area contributed by atoms with Gasteiger partial charge in [0.2, 0.25) is 0 Å². The van der Waals surface area contributed by atoms with Gasteiger partial charge in [0.1, 0.15) is 0 Å². The molecule has 0 aliphatic rings. The Morgan fingerprint density at radius 1 is 1.80 bits per heavy atom. The summed E-state index contributed by atoms with van der Waals surface area (Å²) in [6.07, 6.45) is 0. The lowest BCUT2D eigenvalue weighted by Gasteiger charge is -2.00. The summed E-state index contributed by atoms with van der Waals surface area (Å²) in [7, 11) is -0.960. The van der Waals surface area contributed by atoms with Gasteiger partial charge < -0.3 is 9.53 Å². The summed E-state index contributed by atoms with van der Waals surface area (Å²) in [5.74, 6) is -0.373. The van der Waals surface area contributed by atoms with Crippen LogP contribution in [0.2, 0.25) is 6.04 Å². The quantitative estimate of drug-likeness (QED) is 0.263. The Balaban J connectivity index is 3.31. The lowest BCUT2D eigenvalue weighted by Crippen LogP contribution is -2.07. The Labute approximate surface area is 62.6 Å². The number of carbonyl (C=O) groups is 1. The summed E-state index contributed by atoms with van der Waals surface area (Å²) in [4.78, 5) is 19.1. The average molecular weight is 160 g/mol. The molecule has 10 heavy (non-hydrogen) atoms. The highest BCUT2D eigenvalue weighted by Crippen LogP contribution is 1.92. The molecule has 0 saturated carbocycles. The number of rotatable bonds is 4. The minimum atomic E-state index is -0.960. The Morgan fingerprint density at radius 3 is 2.80 bits per heavy atom. The highest BCUT2D eigenvalue weighted by Gasteiger charge is 2.00. The van der Waals surface area contributed by atoms with Gasteiger partial charge in [0.05, 0.1) is 6.61 Å². The van der Waals surface area contributed by atoms with Crippen molar-refractivity contribution < 1.29 is 14.3 Å². The van der Waals surface area contributed by atoms with E-state index < -0.39 is 9.76 Å². The molecule has 0 fully saturated rings. The van der Waals surface area contributed by atoms with Gasteiger partial charge in [0.25, 0.3) is 0 Å². The highest BCUT2D eigenvalue weighted by molar-refractivity contribution is 6.25. The topological polar surface area (TPSA) is 46.5 Å². The van der Waals surface area contributed by atoms with Crippen LogP contribution in [0.1, 0.15) is 6.92 Å². The van der Waals surface area contributed by atoms with Crippen LogP contribution < -0.4 is 0 Å². The molecule has 0 aliphatic carbocycles. The molecule has 0 rings (SSSR count). The molecule has 0 aromatic rings. The minimum absolute atomic E-state index is 0.328. The highest BCUT2D eigenvalue weighted by atomic mass is 28.2. The molecule has 0 atom stereocenters. The summed E-state index contributed by atoms with van der Waals surface area (Å²) in [6.45, 7) is 5.33. The molecule has 3 nitrogen and oxygen atoms in total. The lowest BCUT2D eigenvalue weighted by atomic mass is 10.4. The Kier molecular flexibility index (Phi) is 4.88. The lowest BCUT2D eigenvalue weighted by molar-refractivity contribution is -0.138. The zero-order valence-electron chi connectivity index (χ0n) is 6.09. The van der Waals surface area contributed by atoms with Crippen LogP contribution in [0.25, 0.3) is 0 Å². The smallest absolute Gasteiger partial charge is 0.333 e. The van der Waals surface area contributed by atoms with Gasteiger partial charge in [0.15, 0.2) is 9.76 Å². The molecule has 0 radical (unpaired) electrons. The maximum Gasteiger partial charge on any atom is 0.333 e. The molecule has 0 aromatic heterocycles. The number of ether oxygens (including phenoxy) is 1. The van der Waals surface area contributed by atoms with Gasteiger partial charge in [0, 0.05) is 5.57 Å². The zero-order valence-corrected chi connectivity index (χ0v) is 7.51. The average Bonchev–Trinajstić information content (AvgIpc) is 1.88. The van der Waals surface area contributed by atoms with Crippen molar-refractivity contribution in [1.29, 1.82) is 0 Å². The number of hydrogen-bond acceptors (Lipinski definition) is 3. The molecule has 0 heterocycles. The van der Waals surface area contributed by atoms with Crippen LogP contribution in [0.3, 0.4) is 0 Å². The molecular weight excluding hydrogens is 148 g/mol. The third-order valence-electron chi connectivity index (χ3n) is 0.884. The van der Waals surface area contributed by atoms with E-state index in [1.54, 1.807) is 6.92 Å². The van der Waals surface area contributed by atoms with E-state index in [1.165, 1.54) is 0 Å². The van der Waals surface area contributed by atoms with Crippen molar-refractivity contribution in [2.24, 2.45) is 0 Å². The first-order chi connectivity index (χ1) is 4.68. The molecule has 4 heteroatoms. The van der Waals surface area contributed by atoms with Crippen LogP contribution >= 0.6 is 0 Å². The van der Waals surface area contributed by atoms with E-state index in [2.05, 4.69) is 11.3 Å². The summed E-state index contributed by atoms with van der Waals surface area (Å²) in [6, 6.07) is 0.624. The van der Waals surface area contributed by atoms with Crippen molar-refractivity contribution in [3.63, 3.8) is 0 Å². The second-order valence-corrected chi connectivity index (χ2v) is 3.15. The standard InChI is InChI=1S/C6H12O3Si/c1-5(2)6(7)9-3-4-10-8/h8H,1,3-4,10H2,2H3. The third kappa shape index (κ3) is 4.28. The molecule has 58 valence electrons. The number of hydrogen-bond donors (Lipinski definition) is 1. The Morgan fingerprint density at radius 2 is 2.40 bits per heavy atom. The van der Waals surface area contributed by atoms with E-state index in [-0.39, 0.29) is 5.97 Å². The molecule has 0 spiro atoms. The molecule has 0 bridgehead atoms. The summed E-state index contributed by atoms with van der Waals surface area (Å²) < 4.78 is 4.68. The summed E-state index contributed by atoms with van der Waals surface area (Å²) in [5, 5.41) is 0. The predicted octanol–water partition coefficient (Wildman–Crippen LogP) is -0.400. The van der Waals surface area contributed by atoms with Gasteiger partial charge in [-0.25, -0.2) is 4.79 Å². The fourth-order valence-corrected chi connectivity index (χ4v) is 0.626. The van der Waals surface area contributed by atoms with Crippen molar-refractivity contribution >= 4 is 15.7 Å². The van der Waals surface area contributed by atoms with Crippen molar-refractivity contribution in [3.8, 4) is 0 Å². The van der Waals surface area contributed by atoms with Crippen molar-refractivity contribution in [1.82, 2.24) is 0 Å². The zero-order chi connectivity index (χ0) is 7.98. The molecular formula is C6H12O3Si.